The summed E-state index contributed by atoms with van der Waals surface area (Å²) >= 11 is 0. The molecule has 0 spiro atoms. The number of carbonyl (C=O) groups is 2. The zero-order chi connectivity index (χ0) is 27.2. The maximum absolute atomic E-state index is 13.3. The van der Waals surface area contributed by atoms with Crippen LogP contribution in [0.25, 0.3) is 11.6 Å². The molecule has 2 aliphatic rings. The third-order valence-corrected chi connectivity index (χ3v) is 8.86. The number of aromatic amines is 1. The van der Waals surface area contributed by atoms with Gasteiger partial charge in [-0.1, -0.05) is 12.1 Å². The summed E-state index contributed by atoms with van der Waals surface area (Å²) in [7, 11) is -1.72. The Hall–Kier alpha value is -3.76. The van der Waals surface area contributed by atoms with Gasteiger partial charge in [0, 0.05) is 48.8 Å². The average Bonchev–Trinajstić information content (AvgIpc) is 3.34. The standard InChI is InChI=1S/C28H29FN4O4S/c1-17-25(30-18(2)26(17)28(35)33-12-10-32(3)11-13-33)15-23-22-14-21(8-9-24(22)31-27(23)34)38(36,37)16-19-4-6-20(29)7-5-19/h4-9,14-15,30H,10-13,16H2,1-3H3,(H,31,34)/b23-15-. The van der Waals surface area contributed by atoms with Gasteiger partial charge in [0.1, 0.15) is 5.82 Å². The summed E-state index contributed by atoms with van der Waals surface area (Å²) in [5.41, 5.74) is 4.42. The number of piperazine rings is 1. The second kappa shape index (κ2) is 9.85. The van der Waals surface area contributed by atoms with Gasteiger partial charge in [-0.3, -0.25) is 9.59 Å². The molecule has 198 valence electrons. The van der Waals surface area contributed by atoms with E-state index in [1.165, 1.54) is 36.4 Å². The molecule has 0 aliphatic carbocycles. The lowest BCUT2D eigenvalue weighted by Gasteiger charge is -2.32. The minimum atomic E-state index is -3.75. The highest BCUT2D eigenvalue weighted by Crippen LogP contribution is 2.36. The second-order valence-corrected chi connectivity index (χ2v) is 11.9. The van der Waals surface area contributed by atoms with Crippen LogP contribution in [0.1, 0.15) is 38.4 Å². The van der Waals surface area contributed by atoms with Crippen molar-refractivity contribution in [2.24, 2.45) is 0 Å². The summed E-state index contributed by atoms with van der Waals surface area (Å²) in [6.45, 7) is 6.61. The van der Waals surface area contributed by atoms with Crippen LogP contribution in [0.5, 0.6) is 0 Å². The first-order valence-corrected chi connectivity index (χ1v) is 14.0. The first-order valence-electron chi connectivity index (χ1n) is 12.3. The van der Waals surface area contributed by atoms with Crippen molar-refractivity contribution in [1.29, 1.82) is 0 Å². The molecule has 0 saturated carbocycles. The van der Waals surface area contributed by atoms with Gasteiger partial charge in [0.15, 0.2) is 9.84 Å². The van der Waals surface area contributed by atoms with E-state index in [-0.39, 0.29) is 22.5 Å². The molecule has 0 bridgehead atoms. The number of nitrogens with zero attached hydrogens (tertiary/aromatic N) is 2. The van der Waals surface area contributed by atoms with Gasteiger partial charge in [0.2, 0.25) is 0 Å². The number of nitrogens with one attached hydrogen (secondary N) is 2. The molecule has 5 rings (SSSR count). The van der Waals surface area contributed by atoms with Crippen LogP contribution < -0.4 is 5.32 Å². The number of halogens is 1. The van der Waals surface area contributed by atoms with Crippen molar-refractivity contribution in [2.75, 3.05) is 38.5 Å². The molecule has 2 aromatic carbocycles. The topological polar surface area (TPSA) is 103 Å². The largest absolute Gasteiger partial charge is 0.358 e. The number of sulfone groups is 1. The van der Waals surface area contributed by atoms with Gasteiger partial charge in [-0.25, -0.2) is 12.8 Å². The number of aryl methyl sites for hydroxylation is 1. The third kappa shape index (κ3) is 4.89. The highest BCUT2D eigenvalue weighted by molar-refractivity contribution is 7.90. The summed E-state index contributed by atoms with van der Waals surface area (Å²) in [5.74, 6) is -1.13. The van der Waals surface area contributed by atoms with Gasteiger partial charge in [0.25, 0.3) is 11.8 Å². The van der Waals surface area contributed by atoms with E-state index >= 15 is 0 Å². The molecule has 3 heterocycles. The monoisotopic (exact) mass is 536 g/mol. The van der Waals surface area contributed by atoms with Crippen molar-refractivity contribution in [1.82, 2.24) is 14.8 Å². The Labute approximate surface area is 221 Å². The fourth-order valence-corrected chi connectivity index (χ4v) is 6.31. The molecule has 0 atom stereocenters. The maximum Gasteiger partial charge on any atom is 0.256 e. The number of fused-ring (bicyclic) bond motifs is 1. The highest BCUT2D eigenvalue weighted by atomic mass is 32.2. The van der Waals surface area contributed by atoms with Crippen molar-refractivity contribution in [3.8, 4) is 0 Å². The number of amides is 2. The van der Waals surface area contributed by atoms with Gasteiger partial charge in [-0.15, -0.1) is 0 Å². The van der Waals surface area contributed by atoms with Crippen molar-refractivity contribution in [3.63, 3.8) is 0 Å². The number of aromatic nitrogens is 1. The van der Waals surface area contributed by atoms with E-state index in [1.54, 1.807) is 12.1 Å². The van der Waals surface area contributed by atoms with Crippen molar-refractivity contribution < 1.29 is 22.4 Å². The average molecular weight is 537 g/mol. The molecule has 2 amide bonds. The van der Waals surface area contributed by atoms with Crippen LogP contribution in [0.4, 0.5) is 10.1 Å². The van der Waals surface area contributed by atoms with E-state index < -0.39 is 15.7 Å². The number of carbonyl (C=O) groups excluding carboxylic acids is 2. The smallest absolute Gasteiger partial charge is 0.256 e. The number of rotatable bonds is 5. The molecule has 0 radical (unpaired) electrons. The van der Waals surface area contributed by atoms with Crippen molar-refractivity contribution in [3.05, 3.63) is 81.9 Å². The molecule has 3 aromatic rings. The Balaban J connectivity index is 1.46. The highest BCUT2D eigenvalue weighted by Gasteiger charge is 2.29. The predicted molar refractivity (Wildman–Crippen MR) is 144 cm³/mol. The molecule has 2 N–H and O–H groups in total. The molecule has 38 heavy (non-hydrogen) atoms. The van der Waals surface area contributed by atoms with E-state index in [1.807, 2.05) is 25.8 Å². The van der Waals surface area contributed by atoms with E-state index in [9.17, 15) is 22.4 Å². The molecule has 1 aromatic heterocycles. The fraction of sp³-hybridized carbons (Fsp3) is 0.286. The zero-order valence-corrected chi connectivity index (χ0v) is 22.3. The lowest BCUT2D eigenvalue weighted by molar-refractivity contribution is -0.110. The quantitative estimate of drug-likeness (QED) is 0.485. The van der Waals surface area contributed by atoms with Crippen molar-refractivity contribution >= 4 is 39.0 Å². The van der Waals surface area contributed by atoms with Crippen LogP contribution in [0.3, 0.4) is 0 Å². The van der Waals surface area contributed by atoms with Gasteiger partial charge in [-0.05, 0) is 68.4 Å². The summed E-state index contributed by atoms with van der Waals surface area (Å²) in [6, 6.07) is 9.83. The SMILES string of the molecule is Cc1[nH]c(/C=C2\C(=O)Nc3ccc(S(=O)(=O)Cc4ccc(F)cc4)cc32)c(C)c1C(=O)N1CCN(C)CC1. The summed E-state index contributed by atoms with van der Waals surface area (Å²) in [5, 5.41) is 2.78. The molecule has 1 saturated heterocycles. The summed E-state index contributed by atoms with van der Waals surface area (Å²) < 4.78 is 39.5. The maximum atomic E-state index is 13.3. The minimum absolute atomic E-state index is 0.0422. The molecule has 2 aliphatic heterocycles. The van der Waals surface area contributed by atoms with Crippen LogP contribution in [0.15, 0.2) is 47.4 Å². The van der Waals surface area contributed by atoms with E-state index in [4.69, 9.17) is 0 Å². The first kappa shape index (κ1) is 25.9. The molecular formula is C28H29FN4O4S. The van der Waals surface area contributed by atoms with Gasteiger partial charge < -0.3 is 20.1 Å². The Morgan fingerprint density at radius 3 is 2.42 bits per heavy atom. The fourth-order valence-electron chi connectivity index (χ4n) is 4.94. The van der Waals surface area contributed by atoms with Crippen LogP contribution in [-0.4, -0.2) is 68.2 Å². The molecule has 10 heteroatoms. The van der Waals surface area contributed by atoms with Crippen LogP contribution in [0, 0.1) is 19.7 Å². The van der Waals surface area contributed by atoms with E-state index in [2.05, 4.69) is 15.2 Å². The predicted octanol–water partition coefficient (Wildman–Crippen LogP) is 3.62. The summed E-state index contributed by atoms with van der Waals surface area (Å²) in [4.78, 5) is 33.5. The van der Waals surface area contributed by atoms with Gasteiger partial charge >= 0.3 is 0 Å². The lowest BCUT2D eigenvalue weighted by Crippen LogP contribution is -2.47. The number of hydrogen-bond acceptors (Lipinski definition) is 5. The first-order chi connectivity index (χ1) is 18.0. The van der Waals surface area contributed by atoms with Crippen LogP contribution in [0.2, 0.25) is 0 Å². The van der Waals surface area contributed by atoms with Gasteiger partial charge in [-0.2, -0.15) is 0 Å². The third-order valence-electron chi connectivity index (χ3n) is 7.17. The Morgan fingerprint density at radius 1 is 1.05 bits per heavy atom. The normalized spacial score (nSPS) is 17.1. The zero-order valence-electron chi connectivity index (χ0n) is 21.5. The Morgan fingerprint density at radius 2 is 1.74 bits per heavy atom. The number of hydrogen-bond donors (Lipinski definition) is 2. The Bertz CT molecular complexity index is 1570. The second-order valence-electron chi connectivity index (χ2n) is 9.86. The number of benzene rings is 2. The van der Waals surface area contributed by atoms with Crippen LogP contribution >= 0.6 is 0 Å². The number of anilines is 1. The van der Waals surface area contributed by atoms with Crippen molar-refractivity contribution in [2.45, 2.75) is 24.5 Å². The van der Waals surface area contributed by atoms with Gasteiger partial charge in [0.05, 0.1) is 21.8 Å². The lowest BCUT2D eigenvalue weighted by atomic mass is 10.0. The van der Waals surface area contributed by atoms with Crippen LogP contribution in [-0.2, 0) is 20.4 Å². The van der Waals surface area contributed by atoms with E-state index in [0.29, 0.717) is 52.4 Å². The summed E-state index contributed by atoms with van der Waals surface area (Å²) in [6.07, 6.45) is 1.67. The number of likely N-dealkylation sites (N-methyl/N-ethyl adjacent to an activating group) is 1. The Kier molecular flexibility index (Phi) is 6.70. The molecular weight excluding hydrogens is 507 g/mol. The minimum Gasteiger partial charge on any atom is -0.358 e. The molecule has 1 fully saturated rings. The number of H-pyrrole nitrogens is 1. The van der Waals surface area contributed by atoms with E-state index in [0.717, 1.165) is 18.7 Å². The molecule has 0 unspecified atom stereocenters. The molecule has 8 nitrogen and oxygen atoms in total.